The van der Waals surface area contributed by atoms with E-state index in [1.807, 2.05) is 23.5 Å². The third-order valence-corrected chi connectivity index (χ3v) is 7.64. The van der Waals surface area contributed by atoms with Gasteiger partial charge in [0.15, 0.2) is 0 Å². The lowest BCUT2D eigenvalue weighted by Crippen LogP contribution is -2.39. The van der Waals surface area contributed by atoms with Crippen LogP contribution in [0.1, 0.15) is 37.0 Å². The highest BCUT2D eigenvalue weighted by Gasteiger charge is 2.35. The van der Waals surface area contributed by atoms with Crippen LogP contribution in [0.4, 0.5) is 0 Å². The first kappa shape index (κ1) is 20.1. The van der Waals surface area contributed by atoms with Crippen LogP contribution >= 0.6 is 34.9 Å². The van der Waals surface area contributed by atoms with Crippen LogP contribution in [-0.2, 0) is 12.0 Å². The van der Waals surface area contributed by atoms with Gasteiger partial charge in [-0.2, -0.15) is 0 Å². The number of furan rings is 1. The molecule has 2 aromatic rings. The van der Waals surface area contributed by atoms with Crippen molar-refractivity contribution in [1.82, 2.24) is 4.31 Å². The molecule has 1 atom stereocenters. The number of hydrogen-bond acceptors (Lipinski definition) is 6. The minimum Gasteiger partial charge on any atom is -0.460 e. The lowest BCUT2D eigenvalue weighted by Gasteiger charge is -2.33. The molecule has 0 spiro atoms. The van der Waals surface area contributed by atoms with Crippen molar-refractivity contribution in [1.29, 1.82) is 0 Å². The van der Waals surface area contributed by atoms with Crippen molar-refractivity contribution in [2.45, 2.75) is 32.7 Å². The number of thiophene rings is 1. The van der Waals surface area contributed by atoms with Gasteiger partial charge in [-0.3, -0.25) is 4.31 Å². The van der Waals surface area contributed by atoms with E-state index in [0.29, 0.717) is 11.0 Å². The van der Waals surface area contributed by atoms with E-state index in [1.54, 1.807) is 29.4 Å². The number of nitrogens with two attached hydrogens (primary N) is 1. The summed E-state index contributed by atoms with van der Waals surface area (Å²) in [4.78, 5) is 6.71. The Morgan fingerprint density at radius 1 is 1.52 bits per heavy atom. The number of hydrogen-bond donors (Lipinski definition) is 1. The van der Waals surface area contributed by atoms with E-state index in [-0.39, 0.29) is 0 Å². The van der Waals surface area contributed by atoms with Gasteiger partial charge in [-0.05, 0) is 43.5 Å². The molecule has 1 unspecified atom stereocenters. The number of aryl methyl sites for hydroxylation is 1. The maximum absolute atomic E-state index is 6.61. The standard InChI is InChI=1S/C20H24ClN3OS2/c1-6-8-12(3)13-9-16(25-15(13)7-2)17-10-14(21)18(27-17)20(4)11-26-24(5)19(22)23-20/h6,8-10H,1,7,11H2,2-5H3,(H2,22,23). The molecule has 7 heteroatoms. The predicted octanol–water partition coefficient (Wildman–Crippen LogP) is 5.94. The molecule has 2 N–H and O–H groups in total. The van der Waals surface area contributed by atoms with Gasteiger partial charge in [0.1, 0.15) is 17.1 Å². The second-order valence-electron chi connectivity index (χ2n) is 6.69. The van der Waals surface area contributed by atoms with E-state index in [4.69, 9.17) is 26.7 Å². The van der Waals surface area contributed by atoms with Crippen LogP contribution in [0, 0.1) is 0 Å². The first-order chi connectivity index (χ1) is 12.8. The maximum atomic E-state index is 6.61. The molecular formula is C20H24ClN3OS2. The fraction of sp³-hybridized carbons (Fsp3) is 0.350. The molecule has 3 rings (SSSR count). The zero-order valence-electron chi connectivity index (χ0n) is 16.0. The molecule has 0 bridgehead atoms. The molecule has 1 aliphatic rings. The van der Waals surface area contributed by atoms with E-state index in [0.717, 1.165) is 44.6 Å². The van der Waals surface area contributed by atoms with E-state index in [1.165, 1.54) is 0 Å². The fourth-order valence-corrected chi connectivity index (χ4v) is 5.53. The normalized spacial score (nSPS) is 20.7. The Hall–Kier alpha value is -1.63. The Morgan fingerprint density at radius 3 is 2.89 bits per heavy atom. The molecule has 4 nitrogen and oxygen atoms in total. The monoisotopic (exact) mass is 421 g/mol. The summed E-state index contributed by atoms with van der Waals surface area (Å²) in [6, 6.07) is 4.06. The molecule has 0 aromatic carbocycles. The van der Waals surface area contributed by atoms with Gasteiger partial charge >= 0.3 is 0 Å². The molecule has 0 saturated carbocycles. The summed E-state index contributed by atoms with van der Waals surface area (Å²) < 4.78 is 8.03. The fourth-order valence-electron chi connectivity index (χ4n) is 3.03. The Kier molecular flexibility index (Phi) is 5.79. The van der Waals surface area contributed by atoms with Crippen LogP contribution in [0.5, 0.6) is 0 Å². The number of aliphatic imine (C=N–C) groups is 1. The second-order valence-corrected chi connectivity index (χ2v) is 9.24. The lowest BCUT2D eigenvalue weighted by molar-refractivity contribution is 0.529. The van der Waals surface area contributed by atoms with Crippen LogP contribution in [0.15, 0.2) is 40.3 Å². The summed E-state index contributed by atoms with van der Waals surface area (Å²) in [6.07, 6.45) is 4.61. The Bertz CT molecular complexity index is 928. The number of rotatable bonds is 5. The summed E-state index contributed by atoms with van der Waals surface area (Å²) in [7, 11) is 1.92. The first-order valence-electron chi connectivity index (χ1n) is 8.73. The quantitative estimate of drug-likeness (QED) is 0.479. The Labute approximate surface area is 173 Å². The van der Waals surface area contributed by atoms with E-state index < -0.39 is 5.54 Å². The van der Waals surface area contributed by atoms with Gasteiger partial charge in [0, 0.05) is 24.8 Å². The van der Waals surface area contributed by atoms with Crippen molar-refractivity contribution < 1.29 is 4.42 Å². The van der Waals surface area contributed by atoms with Crippen LogP contribution in [-0.4, -0.2) is 23.1 Å². The van der Waals surface area contributed by atoms with Gasteiger partial charge in [0.25, 0.3) is 0 Å². The van der Waals surface area contributed by atoms with Gasteiger partial charge in [0.2, 0.25) is 5.96 Å². The summed E-state index contributed by atoms with van der Waals surface area (Å²) in [5.41, 5.74) is 7.85. The first-order valence-corrected chi connectivity index (χ1v) is 10.9. The Morgan fingerprint density at radius 2 is 2.26 bits per heavy atom. The molecule has 2 aromatic heterocycles. The maximum Gasteiger partial charge on any atom is 0.202 e. The molecule has 0 aliphatic carbocycles. The van der Waals surface area contributed by atoms with Crippen molar-refractivity contribution >= 4 is 46.4 Å². The zero-order valence-corrected chi connectivity index (χ0v) is 18.4. The van der Waals surface area contributed by atoms with Crippen LogP contribution in [0.3, 0.4) is 0 Å². The van der Waals surface area contributed by atoms with Crippen molar-refractivity contribution in [3.63, 3.8) is 0 Å². The van der Waals surface area contributed by atoms with Crippen molar-refractivity contribution in [2.24, 2.45) is 10.7 Å². The SMILES string of the molecule is C=CC=C(C)c1cc(-c2cc(Cl)c(C3(C)CSN(C)C(N)=N3)s2)oc1CC. The summed E-state index contributed by atoms with van der Waals surface area (Å²) in [6.45, 7) is 10.0. The van der Waals surface area contributed by atoms with Gasteiger partial charge in [-0.25, -0.2) is 4.99 Å². The van der Waals surface area contributed by atoms with E-state index >= 15 is 0 Å². The van der Waals surface area contributed by atoms with Crippen molar-refractivity contribution in [3.05, 3.63) is 52.1 Å². The van der Waals surface area contributed by atoms with E-state index in [2.05, 4.69) is 33.4 Å². The summed E-state index contributed by atoms with van der Waals surface area (Å²) >= 11 is 9.87. The van der Waals surface area contributed by atoms with Crippen LogP contribution in [0.25, 0.3) is 16.2 Å². The summed E-state index contributed by atoms with van der Waals surface area (Å²) in [5, 5.41) is 0.702. The van der Waals surface area contributed by atoms with Gasteiger partial charge in [-0.1, -0.05) is 37.3 Å². The summed E-state index contributed by atoms with van der Waals surface area (Å²) in [5.74, 6) is 3.10. The van der Waals surface area contributed by atoms with Gasteiger partial charge < -0.3 is 10.2 Å². The highest BCUT2D eigenvalue weighted by atomic mass is 35.5. The average Bonchev–Trinajstić information content (AvgIpc) is 3.22. The third-order valence-electron chi connectivity index (χ3n) is 4.56. The molecule has 27 heavy (non-hydrogen) atoms. The minimum absolute atomic E-state index is 0.442. The van der Waals surface area contributed by atoms with Gasteiger partial charge in [0.05, 0.1) is 14.8 Å². The molecule has 0 saturated heterocycles. The minimum atomic E-state index is -0.442. The van der Waals surface area contributed by atoms with Crippen molar-refractivity contribution in [3.8, 4) is 10.6 Å². The number of halogens is 1. The Balaban J connectivity index is 2.03. The lowest BCUT2D eigenvalue weighted by atomic mass is 10.0. The van der Waals surface area contributed by atoms with Crippen molar-refractivity contribution in [2.75, 3.05) is 12.8 Å². The number of allylic oxidation sites excluding steroid dienone is 3. The van der Waals surface area contributed by atoms with Gasteiger partial charge in [-0.15, -0.1) is 11.3 Å². The smallest absolute Gasteiger partial charge is 0.202 e. The molecular weight excluding hydrogens is 398 g/mol. The predicted molar refractivity (Wildman–Crippen MR) is 119 cm³/mol. The molecule has 0 amide bonds. The molecule has 0 radical (unpaired) electrons. The average molecular weight is 422 g/mol. The highest BCUT2D eigenvalue weighted by Crippen LogP contribution is 2.46. The highest BCUT2D eigenvalue weighted by molar-refractivity contribution is 7.97. The van der Waals surface area contributed by atoms with Crippen LogP contribution in [0.2, 0.25) is 5.02 Å². The molecule has 0 fully saturated rings. The molecule has 144 valence electrons. The topological polar surface area (TPSA) is 54.8 Å². The third kappa shape index (κ3) is 3.84. The molecule has 3 heterocycles. The van der Waals surface area contributed by atoms with E-state index in [9.17, 15) is 0 Å². The second kappa shape index (κ2) is 7.78. The molecule has 1 aliphatic heterocycles. The largest absolute Gasteiger partial charge is 0.460 e. The number of guanidine groups is 1. The van der Waals surface area contributed by atoms with Crippen LogP contribution < -0.4 is 5.73 Å². The number of nitrogens with zero attached hydrogens (tertiary/aromatic N) is 2. The zero-order chi connectivity index (χ0) is 19.8.